The summed E-state index contributed by atoms with van der Waals surface area (Å²) in [5.41, 5.74) is 1.47. The van der Waals surface area contributed by atoms with Gasteiger partial charge in [0, 0.05) is 31.9 Å². The maximum Gasteiger partial charge on any atom is 0.260 e. The molecule has 3 aromatic rings. The number of carbonyl (C=O) groups is 2. The van der Waals surface area contributed by atoms with Crippen LogP contribution in [0.15, 0.2) is 60.8 Å². The predicted octanol–water partition coefficient (Wildman–Crippen LogP) is 2.70. The SMILES string of the molecule is Cn1cc2c(n1)C(C(=O)Nc1ccccc1F)CN(C(=O)COc1ccccc1)C2. The molecular formula is C22H21FN4O3. The number of halogens is 1. The fourth-order valence-electron chi connectivity index (χ4n) is 3.48. The van der Waals surface area contributed by atoms with Crippen LogP contribution in [0, 0.1) is 5.82 Å². The molecule has 8 heteroatoms. The number of fused-ring (bicyclic) bond motifs is 1. The Morgan fingerprint density at radius 1 is 1.17 bits per heavy atom. The second-order valence-electron chi connectivity index (χ2n) is 7.11. The van der Waals surface area contributed by atoms with E-state index < -0.39 is 17.6 Å². The Kier molecular flexibility index (Phi) is 5.47. The molecule has 1 unspecified atom stereocenters. The molecule has 0 saturated carbocycles. The molecular weight excluding hydrogens is 387 g/mol. The molecule has 4 rings (SSSR count). The lowest BCUT2D eigenvalue weighted by Gasteiger charge is -2.31. The molecule has 1 N–H and O–H groups in total. The maximum absolute atomic E-state index is 14.0. The second kappa shape index (κ2) is 8.36. The number of anilines is 1. The van der Waals surface area contributed by atoms with Crippen LogP contribution in [-0.2, 0) is 23.2 Å². The average molecular weight is 408 g/mol. The number of ether oxygens (including phenoxy) is 1. The third-order valence-corrected chi connectivity index (χ3v) is 4.94. The Morgan fingerprint density at radius 2 is 1.90 bits per heavy atom. The van der Waals surface area contributed by atoms with Gasteiger partial charge in [0.1, 0.15) is 17.5 Å². The summed E-state index contributed by atoms with van der Waals surface area (Å²) in [4.78, 5) is 27.3. The van der Waals surface area contributed by atoms with E-state index in [1.165, 1.54) is 12.1 Å². The van der Waals surface area contributed by atoms with Crippen molar-refractivity contribution >= 4 is 17.5 Å². The third-order valence-electron chi connectivity index (χ3n) is 4.94. The van der Waals surface area contributed by atoms with Crippen molar-refractivity contribution in [3.63, 3.8) is 0 Å². The van der Waals surface area contributed by atoms with Gasteiger partial charge in [-0.1, -0.05) is 30.3 Å². The molecule has 0 radical (unpaired) electrons. The highest BCUT2D eigenvalue weighted by molar-refractivity contribution is 5.96. The van der Waals surface area contributed by atoms with Gasteiger partial charge in [-0.2, -0.15) is 5.10 Å². The molecule has 1 aromatic heterocycles. The van der Waals surface area contributed by atoms with Gasteiger partial charge in [-0.25, -0.2) is 4.39 Å². The highest BCUT2D eigenvalue weighted by Gasteiger charge is 2.35. The van der Waals surface area contributed by atoms with Gasteiger partial charge < -0.3 is 15.0 Å². The zero-order chi connectivity index (χ0) is 21.1. The van der Waals surface area contributed by atoms with E-state index >= 15 is 0 Å². The average Bonchev–Trinajstić information content (AvgIpc) is 3.13. The minimum absolute atomic E-state index is 0.0934. The zero-order valence-electron chi connectivity index (χ0n) is 16.4. The molecule has 30 heavy (non-hydrogen) atoms. The van der Waals surface area contributed by atoms with Crippen LogP contribution in [0.2, 0.25) is 0 Å². The number of hydrogen-bond acceptors (Lipinski definition) is 4. The topological polar surface area (TPSA) is 76.5 Å². The fourth-order valence-corrected chi connectivity index (χ4v) is 3.48. The molecule has 0 spiro atoms. The highest BCUT2D eigenvalue weighted by atomic mass is 19.1. The lowest BCUT2D eigenvalue weighted by atomic mass is 9.95. The molecule has 7 nitrogen and oxygen atoms in total. The normalized spacial score (nSPS) is 15.4. The first-order chi connectivity index (χ1) is 14.5. The van der Waals surface area contributed by atoms with E-state index in [2.05, 4.69) is 10.4 Å². The molecule has 0 bridgehead atoms. The number of amides is 2. The summed E-state index contributed by atoms with van der Waals surface area (Å²) in [6.07, 6.45) is 1.79. The molecule has 154 valence electrons. The van der Waals surface area contributed by atoms with Gasteiger partial charge in [-0.15, -0.1) is 0 Å². The van der Waals surface area contributed by atoms with Crippen molar-refractivity contribution in [2.45, 2.75) is 12.5 Å². The Bertz CT molecular complexity index is 1070. The number of nitrogens with zero attached hydrogens (tertiary/aromatic N) is 3. The van der Waals surface area contributed by atoms with Crippen LogP contribution in [0.4, 0.5) is 10.1 Å². The minimum Gasteiger partial charge on any atom is -0.484 e. The van der Waals surface area contributed by atoms with Crippen molar-refractivity contribution in [3.8, 4) is 5.75 Å². The summed E-state index contributed by atoms with van der Waals surface area (Å²) in [7, 11) is 1.76. The molecule has 2 amide bonds. The fraction of sp³-hybridized carbons (Fsp3) is 0.227. The lowest BCUT2D eigenvalue weighted by Crippen LogP contribution is -2.43. The van der Waals surface area contributed by atoms with E-state index in [0.29, 0.717) is 18.0 Å². The van der Waals surface area contributed by atoms with Crippen LogP contribution in [0.1, 0.15) is 17.2 Å². The summed E-state index contributed by atoms with van der Waals surface area (Å²) < 4.78 is 21.1. The summed E-state index contributed by atoms with van der Waals surface area (Å²) >= 11 is 0. The number of aryl methyl sites for hydroxylation is 1. The first-order valence-corrected chi connectivity index (χ1v) is 9.54. The Morgan fingerprint density at radius 3 is 2.67 bits per heavy atom. The number of carbonyl (C=O) groups excluding carboxylic acids is 2. The number of aromatic nitrogens is 2. The smallest absolute Gasteiger partial charge is 0.260 e. The van der Waals surface area contributed by atoms with Crippen molar-refractivity contribution in [3.05, 3.63) is 77.9 Å². The van der Waals surface area contributed by atoms with Crippen LogP contribution in [0.5, 0.6) is 5.75 Å². The molecule has 1 aliphatic heterocycles. The van der Waals surface area contributed by atoms with Gasteiger partial charge in [-0.05, 0) is 24.3 Å². The summed E-state index contributed by atoms with van der Waals surface area (Å²) in [5, 5.41) is 7.01. The molecule has 2 heterocycles. The van der Waals surface area contributed by atoms with Gasteiger partial charge in [0.05, 0.1) is 11.4 Å². The number of benzene rings is 2. The monoisotopic (exact) mass is 408 g/mol. The van der Waals surface area contributed by atoms with Crippen molar-refractivity contribution in [2.24, 2.45) is 7.05 Å². The van der Waals surface area contributed by atoms with E-state index in [1.807, 2.05) is 18.2 Å². The first kappa shape index (κ1) is 19.6. The molecule has 0 saturated heterocycles. The van der Waals surface area contributed by atoms with E-state index in [0.717, 1.165) is 5.56 Å². The van der Waals surface area contributed by atoms with Crippen LogP contribution >= 0.6 is 0 Å². The third kappa shape index (κ3) is 4.17. The summed E-state index contributed by atoms with van der Waals surface area (Å²) in [6, 6.07) is 15.0. The molecule has 1 aliphatic rings. The quantitative estimate of drug-likeness (QED) is 0.704. The molecule has 0 aliphatic carbocycles. The van der Waals surface area contributed by atoms with Crippen molar-refractivity contribution in [1.29, 1.82) is 0 Å². The van der Waals surface area contributed by atoms with Crippen LogP contribution < -0.4 is 10.1 Å². The highest BCUT2D eigenvalue weighted by Crippen LogP contribution is 2.29. The molecule has 1 atom stereocenters. The van der Waals surface area contributed by atoms with E-state index in [4.69, 9.17) is 4.74 Å². The van der Waals surface area contributed by atoms with Gasteiger partial charge in [-0.3, -0.25) is 14.3 Å². The molecule has 0 fully saturated rings. The van der Waals surface area contributed by atoms with Crippen LogP contribution in [0.3, 0.4) is 0 Å². The standard InChI is InChI=1S/C22H21FN4O3/c1-26-11-15-12-27(20(28)14-30-16-7-3-2-4-8-16)13-17(21(15)25-26)22(29)24-19-10-6-5-9-18(19)23/h2-11,17H,12-14H2,1H3,(H,24,29). The summed E-state index contributed by atoms with van der Waals surface area (Å²) in [6.45, 7) is 0.339. The maximum atomic E-state index is 14.0. The van der Waals surface area contributed by atoms with E-state index in [9.17, 15) is 14.0 Å². The lowest BCUT2D eigenvalue weighted by molar-refractivity contribution is -0.135. The number of nitrogens with one attached hydrogen (secondary N) is 1. The Hall–Kier alpha value is -3.68. The van der Waals surface area contributed by atoms with Gasteiger partial charge in [0.15, 0.2) is 6.61 Å². The number of rotatable bonds is 5. The first-order valence-electron chi connectivity index (χ1n) is 9.54. The largest absolute Gasteiger partial charge is 0.484 e. The zero-order valence-corrected chi connectivity index (χ0v) is 16.4. The van der Waals surface area contributed by atoms with Gasteiger partial charge in [0.2, 0.25) is 5.91 Å². The Labute approximate surface area is 173 Å². The van der Waals surface area contributed by atoms with Crippen molar-refractivity contribution < 1.29 is 18.7 Å². The van der Waals surface area contributed by atoms with Crippen LogP contribution in [0.25, 0.3) is 0 Å². The minimum atomic E-state index is -0.713. The summed E-state index contributed by atoms with van der Waals surface area (Å²) in [5.74, 6) is -1.29. The molecule has 2 aromatic carbocycles. The number of hydrogen-bond donors (Lipinski definition) is 1. The predicted molar refractivity (Wildman–Crippen MR) is 108 cm³/mol. The van der Waals surface area contributed by atoms with Crippen LogP contribution in [-0.4, -0.2) is 39.6 Å². The Balaban J connectivity index is 1.51. The van der Waals surface area contributed by atoms with E-state index in [-0.39, 0.29) is 24.7 Å². The van der Waals surface area contributed by atoms with Crippen molar-refractivity contribution in [1.82, 2.24) is 14.7 Å². The second-order valence-corrected chi connectivity index (χ2v) is 7.11. The van der Waals surface area contributed by atoms with Crippen molar-refractivity contribution in [2.75, 3.05) is 18.5 Å². The van der Waals surface area contributed by atoms with E-state index in [1.54, 1.807) is 47.1 Å². The van der Waals surface area contributed by atoms with Gasteiger partial charge >= 0.3 is 0 Å². The number of para-hydroxylation sites is 2. The van der Waals surface area contributed by atoms with Gasteiger partial charge in [0.25, 0.3) is 5.91 Å².